The summed E-state index contributed by atoms with van der Waals surface area (Å²) < 4.78 is 0.843. The monoisotopic (exact) mass is 878 g/mol. The van der Waals surface area contributed by atoms with E-state index in [0.717, 1.165) is 26.7 Å². The molecule has 2 heterocycles. The highest BCUT2D eigenvalue weighted by molar-refractivity contribution is 9.10. The molecule has 6 rings (SSSR count). The van der Waals surface area contributed by atoms with Crippen LogP contribution in [0.15, 0.2) is 88.8 Å². The van der Waals surface area contributed by atoms with Gasteiger partial charge in [0.25, 0.3) is 11.8 Å². The van der Waals surface area contributed by atoms with E-state index in [9.17, 15) is 19.8 Å². The van der Waals surface area contributed by atoms with E-state index in [2.05, 4.69) is 26.6 Å². The second kappa shape index (κ2) is 17.5. The molecule has 54 heavy (non-hydrogen) atoms. The second-order valence-corrected chi connectivity index (χ2v) is 16.9. The topological polar surface area (TPSA) is 139 Å². The van der Waals surface area contributed by atoms with Crippen LogP contribution in [-0.2, 0) is 9.59 Å². The van der Waals surface area contributed by atoms with Gasteiger partial charge in [-0.05, 0) is 112 Å². The van der Waals surface area contributed by atoms with Gasteiger partial charge in [-0.1, -0.05) is 92.7 Å². The van der Waals surface area contributed by atoms with Crippen LogP contribution < -0.4 is 16.1 Å². The fraction of sp³-hybridized carbons (Fsp3) is 0.250. The van der Waals surface area contributed by atoms with Gasteiger partial charge < -0.3 is 30.9 Å². The fourth-order valence-corrected chi connectivity index (χ4v) is 7.82. The summed E-state index contributed by atoms with van der Waals surface area (Å²) in [7, 11) is -1.41. The molecule has 6 N–H and O–H groups in total. The van der Waals surface area contributed by atoms with Crippen molar-refractivity contribution in [1.82, 2.24) is 10.6 Å². The molecule has 0 aromatic heterocycles. The molecule has 8 nitrogen and oxygen atoms in total. The Balaban J connectivity index is 0.000000309. The maximum absolute atomic E-state index is 12.5. The number of hydrogen-bond donors (Lipinski definition) is 6. The van der Waals surface area contributed by atoms with Crippen LogP contribution in [-0.4, -0.2) is 50.3 Å². The number of amides is 2. The number of aliphatic hydroxyl groups is 2. The number of carbonyl (C=O) groups is 2. The predicted octanol–water partition coefficient (Wildman–Crippen LogP) is 10.0. The molecule has 0 saturated carbocycles. The van der Waals surface area contributed by atoms with Gasteiger partial charge in [-0.25, -0.2) is 0 Å². The molecule has 2 aliphatic heterocycles. The van der Waals surface area contributed by atoms with Gasteiger partial charge in [0.15, 0.2) is 0 Å². The van der Waals surface area contributed by atoms with Crippen molar-refractivity contribution in [2.45, 2.75) is 65.5 Å². The van der Waals surface area contributed by atoms with Crippen LogP contribution in [0.2, 0.25) is 20.1 Å². The summed E-state index contributed by atoms with van der Waals surface area (Å²) >= 11 is 27.6. The molecule has 0 saturated heterocycles. The number of rotatable bonds is 4. The number of hydrogen-bond acceptors (Lipinski definition) is 6. The molecule has 4 aromatic rings. The first kappa shape index (κ1) is 43.3. The zero-order valence-corrected chi connectivity index (χ0v) is 35.0. The average Bonchev–Trinajstić information content (AvgIpc) is 3.03. The molecule has 2 amide bonds. The normalized spacial score (nSPS) is 16.0. The van der Waals surface area contributed by atoms with E-state index < -0.39 is 18.2 Å². The molecule has 0 radical (unpaired) electrons. The summed E-state index contributed by atoms with van der Waals surface area (Å²) in [5.74, 6) is -0.446. The van der Waals surface area contributed by atoms with E-state index >= 15 is 0 Å². The van der Waals surface area contributed by atoms with E-state index in [1.165, 1.54) is 0 Å². The van der Waals surface area contributed by atoms with Crippen LogP contribution in [0.4, 0.5) is 0 Å². The Morgan fingerprint density at radius 1 is 0.648 bits per heavy atom. The van der Waals surface area contributed by atoms with Crippen LogP contribution in [0.25, 0.3) is 22.3 Å². The largest absolute Gasteiger partial charge is 0.511 e. The van der Waals surface area contributed by atoms with Crippen LogP contribution in [0.3, 0.4) is 0 Å². The van der Waals surface area contributed by atoms with E-state index in [0.29, 0.717) is 49.5 Å². The van der Waals surface area contributed by atoms with E-state index in [-0.39, 0.29) is 37.3 Å². The minimum atomic E-state index is -1.41. The first-order valence-electron chi connectivity index (χ1n) is 16.7. The maximum Gasteiger partial charge on any atom is 0.488 e. The lowest BCUT2D eigenvalue weighted by Gasteiger charge is -2.32. The van der Waals surface area contributed by atoms with Crippen molar-refractivity contribution >= 4 is 97.9 Å². The number of halogens is 5. The second-order valence-electron chi connectivity index (χ2n) is 14.3. The smallest absolute Gasteiger partial charge is 0.488 e. The zero-order valence-electron chi connectivity index (χ0n) is 30.4. The molecule has 4 aromatic carbocycles. The molecular weight excluding hydrogens is 837 g/mol. The highest BCUT2D eigenvalue weighted by atomic mass is 79.9. The molecule has 0 atom stereocenters. The Labute approximate surface area is 347 Å². The van der Waals surface area contributed by atoms with Crippen molar-refractivity contribution in [2.75, 3.05) is 0 Å². The van der Waals surface area contributed by atoms with E-state index in [4.69, 9.17) is 56.5 Å². The van der Waals surface area contributed by atoms with Gasteiger partial charge in [0.05, 0.1) is 16.2 Å². The molecular formula is C40H44BBrCl4N2O6. The Hall–Kier alpha value is -3.48. The fourth-order valence-electron chi connectivity index (χ4n) is 6.14. The molecule has 288 valence electrons. The highest BCUT2D eigenvalue weighted by Crippen LogP contribution is 2.38. The minimum Gasteiger partial charge on any atom is -0.511 e. The summed E-state index contributed by atoms with van der Waals surface area (Å²) in [5, 5.41) is 45.8. The lowest BCUT2D eigenvalue weighted by molar-refractivity contribution is -0.118. The zero-order chi connectivity index (χ0) is 40.3. The van der Waals surface area contributed by atoms with Crippen molar-refractivity contribution in [3.05, 3.63) is 131 Å². The minimum absolute atomic E-state index is 0. The Bertz CT molecular complexity index is 2100. The summed E-state index contributed by atoms with van der Waals surface area (Å²) in [6.45, 7) is 11.2. The molecule has 0 fully saturated rings. The third-order valence-electron chi connectivity index (χ3n) is 8.54. The number of nitrogens with one attached hydrogen (secondary N) is 2. The molecule has 14 heteroatoms. The predicted molar refractivity (Wildman–Crippen MR) is 229 cm³/mol. The van der Waals surface area contributed by atoms with Crippen molar-refractivity contribution < 1.29 is 32.7 Å². The number of aliphatic hydroxyl groups excluding tert-OH is 2. The van der Waals surface area contributed by atoms with Gasteiger partial charge in [0.2, 0.25) is 0 Å². The first-order chi connectivity index (χ1) is 25.1. The van der Waals surface area contributed by atoms with Crippen LogP contribution in [0.5, 0.6) is 0 Å². The Morgan fingerprint density at radius 3 is 1.44 bits per heavy atom. The molecule has 0 spiro atoms. The van der Waals surface area contributed by atoms with Crippen molar-refractivity contribution in [3.63, 3.8) is 0 Å². The summed E-state index contributed by atoms with van der Waals surface area (Å²) in [6, 6.07) is 21.2. The van der Waals surface area contributed by atoms with Gasteiger partial charge in [0, 0.05) is 57.4 Å². The third-order valence-corrected chi connectivity index (χ3v) is 10.1. The summed E-state index contributed by atoms with van der Waals surface area (Å²) in [6.07, 6.45) is 0.753. The first-order valence-corrected chi connectivity index (χ1v) is 19.0. The number of aryl methyl sites for hydroxylation is 2. The Kier molecular flexibility index (Phi) is 14.1. The standard InChI is InChI=1S/C20H19Cl2NO2.C14H15BrClNO2.C6H6BClO2.2H2/c1-11-8-13(12-4-6-14(21)7-5-12)9-15(22)17(11)18-16(24)10-20(2,3)23-19(18)25;1-7-4-8(15)5-9(16)11(7)12-10(18)6-14(2,3)17-13(12)19;8-6-3-1-5(2-4-6)7(9)10;;/h4-9,24H,10H2,1-3H3,(H,23,25);4-5,18H,6H2,1-3H3,(H,17,19);1-4,9-10H;2*1H. The average molecular weight is 881 g/mol. The molecule has 0 unspecified atom stereocenters. The SMILES string of the molecule is Cc1cc(-c2ccc(Cl)cc2)cc(Cl)c1C1=C(O)CC(C)(C)NC1=O.Cc1cc(Br)cc(Cl)c1C1=C(O)CC(C)(C)NC1=O.OB(O)c1ccc(Cl)cc1.[HH].[HH]. The van der Waals surface area contributed by atoms with Gasteiger partial charge in [-0.2, -0.15) is 0 Å². The van der Waals surface area contributed by atoms with Crippen LogP contribution >= 0.6 is 62.3 Å². The van der Waals surface area contributed by atoms with Crippen LogP contribution in [0, 0.1) is 13.8 Å². The molecule has 0 bridgehead atoms. The van der Waals surface area contributed by atoms with E-state index in [1.807, 2.05) is 77.9 Å². The van der Waals surface area contributed by atoms with Gasteiger partial charge in [-0.15, -0.1) is 0 Å². The van der Waals surface area contributed by atoms with Crippen molar-refractivity contribution in [1.29, 1.82) is 0 Å². The van der Waals surface area contributed by atoms with Crippen molar-refractivity contribution in [3.8, 4) is 11.1 Å². The summed E-state index contributed by atoms with van der Waals surface area (Å²) in [5.41, 5.74) is 4.80. The number of carbonyl (C=O) groups excluding carboxylic acids is 2. The molecule has 0 aliphatic carbocycles. The van der Waals surface area contributed by atoms with Gasteiger partial charge >= 0.3 is 7.12 Å². The van der Waals surface area contributed by atoms with E-state index in [1.54, 1.807) is 36.4 Å². The van der Waals surface area contributed by atoms with Crippen molar-refractivity contribution in [2.24, 2.45) is 0 Å². The van der Waals surface area contributed by atoms with Gasteiger partial charge in [0.1, 0.15) is 11.5 Å². The summed E-state index contributed by atoms with van der Waals surface area (Å²) in [4.78, 5) is 24.7. The number of benzene rings is 4. The lowest BCUT2D eigenvalue weighted by atomic mass is 9.81. The maximum atomic E-state index is 12.5. The third kappa shape index (κ3) is 10.8. The van der Waals surface area contributed by atoms with Crippen LogP contribution in [0.1, 0.15) is 65.6 Å². The quantitative estimate of drug-likeness (QED) is 0.113. The van der Waals surface area contributed by atoms with Gasteiger partial charge in [-0.3, -0.25) is 9.59 Å². The molecule has 2 aliphatic rings. The highest BCUT2D eigenvalue weighted by Gasteiger charge is 2.35. The lowest BCUT2D eigenvalue weighted by Crippen LogP contribution is -2.47. The Morgan fingerprint density at radius 2 is 1.06 bits per heavy atom.